The van der Waals surface area contributed by atoms with E-state index in [1.165, 1.54) is 18.2 Å². The normalized spacial score (nSPS) is 14.2. The first-order chi connectivity index (χ1) is 7.92. The molecule has 1 unspecified atom stereocenters. The van der Waals surface area contributed by atoms with Crippen LogP contribution in [0.3, 0.4) is 0 Å². The number of benzene rings is 1. The molecule has 0 saturated carbocycles. The van der Waals surface area contributed by atoms with E-state index in [0.29, 0.717) is 6.42 Å². The van der Waals surface area contributed by atoms with Crippen molar-refractivity contribution in [3.05, 3.63) is 34.9 Å². The van der Waals surface area contributed by atoms with Crippen molar-refractivity contribution >= 4 is 5.97 Å². The van der Waals surface area contributed by atoms with Crippen LogP contribution in [0.1, 0.15) is 30.0 Å². The summed E-state index contributed by atoms with van der Waals surface area (Å²) in [4.78, 5) is 11.5. The van der Waals surface area contributed by atoms with E-state index >= 15 is 0 Å². The van der Waals surface area contributed by atoms with Crippen molar-refractivity contribution in [3.8, 4) is 0 Å². The van der Waals surface area contributed by atoms with E-state index in [1.54, 1.807) is 0 Å². The molecule has 1 N–H and O–H groups in total. The number of carbonyl (C=O) groups is 1. The third-order valence-electron chi connectivity index (χ3n) is 3.25. The van der Waals surface area contributed by atoms with Gasteiger partial charge in [-0.25, -0.2) is 0 Å². The molecular formula is C14H21NO2. The highest BCUT2D eigenvalue weighted by molar-refractivity contribution is 5.71. The predicted molar refractivity (Wildman–Crippen MR) is 69.0 cm³/mol. The van der Waals surface area contributed by atoms with Crippen molar-refractivity contribution in [2.24, 2.45) is 0 Å². The first kappa shape index (κ1) is 13.7. The average Bonchev–Trinajstić information content (AvgIpc) is 2.28. The second-order valence-electron chi connectivity index (χ2n) is 4.65. The van der Waals surface area contributed by atoms with Crippen molar-refractivity contribution < 1.29 is 9.53 Å². The lowest BCUT2D eigenvalue weighted by Crippen LogP contribution is -2.39. The fraction of sp³-hybridized carbons (Fsp3) is 0.500. The van der Waals surface area contributed by atoms with Gasteiger partial charge in [-0.15, -0.1) is 0 Å². The smallest absolute Gasteiger partial charge is 0.307 e. The van der Waals surface area contributed by atoms with Gasteiger partial charge < -0.3 is 10.1 Å². The highest BCUT2D eigenvalue weighted by atomic mass is 16.5. The summed E-state index contributed by atoms with van der Waals surface area (Å²) in [5.74, 6) is -0.207. The fourth-order valence-electron chi connectivity index (χ4n) is 2.11. The van der Waals surface area contributed by atoms with Gasteiger partial charge in [0.15, 0.2) is 0 Å². The van der Waals surface area contributed by atoms with Gasteiger partial charge in [0.05, 0.1) is 19.1 Å². The zero-order valence-electron chi connectivity index (χ0n) is 11.3. The molecule has 17 heavy (non-hydrogen) atoms. The molecule has 0 heterocycles. The molecule has 0 fully saturated rings. The van der Waals surface area contributed by atoms with Crippen LogP contribution in [0.5, 0.6) is 0 Å². The summed E-state index contributed by atoms with van der Waals surface area (Å²) >= 11 is 0. The maximum Gasteiger partial charge on any atom is 0.307 e. The lowest BCUT2D eigenvalue weighted by Gasteiger charge is -2.30. The van der Waals surface area contributed by atoms with Gasteiger partial charge in [-0.05, 0) is 38.9 Å². The summed E-state index contributed by atoms with van der Waals surface area (Å²) in [5, 5.41) is 3.22. The maximum atomic E-state index is 11.5. The van der Waals surface area contributed by atoms with Gasteiger partial charge in [-0.1, -0.05) is 23.8 Å². The fourth-order valence-corrected chi connectivity index (χ4v) is 2.11. The second kappa shape index (κ2) is 5.32. The zero-order valence-corrected chi connectivity index (χ0v) is 11.3. The number of methoxy groups -OCH3 is 1. The number of hydrogen-bond donors (Lipinski definition) is 1. The molecule has 3 nitrogen and oxygen atoms in total. The summed E-state index contributed by atoms with van der Waals surface area (Å²) in [6.45, 7) is 6.14. The molecular weight excluding hydrogens is 214 g/mol. The largest absolute Gasteiger partial charge is 0.469 e. The number of esters is 1. The SMILES string of the molecule is CNC(C)(CC(=O)OC)c1ccc(C)cc1C. The Labute approximate surface area is 103 Å². The molecule has 0 aliphatic carbocycles. The Bertz CT molecular complexity index is 415. The summed E-state index contributed by atoms with van der Waals surface area (Å²) in [6.07, 6.45) is 0.323. The lowest BCUT2D eigenvalue weighted by molar-refractivity contribution is -0.142. The van der Waals surface area contributed by atoms with Crippen LogP contribution in [-0.4, -0.2) is 20.1 Å². The molecule has 0 bridgehead atoms. The highest BCUT2D eigenvalue weighted by Crippen LogP contribution is 2.28. The minimum Gasteiger partial charge on any atom is -0.469 e. The molecule has 0 aliphatic rings. The first-order valence-electron chi connectivity index (χ1n) is 5.76. The first-order valence-corrected chi connectivity index (χ1v) is 5.76. The Morgan fingerprint density at radius 1 is 1.41 bits per heavy atom. The molecule has 3 heteroatoms. The van der Waals surface area contributed by atoms with Gasteiger partial charge in [-0.3, -0.25) is 4.79 Å². The van der Waals surface area contributed by atoms with E-state index in [-0.39, 0.29) is 11.5 Å². The molecule has 1 aromatic carbocycles. The molecule has 0 saturated heterocycles. The average molecular weight is 235 g/mol. The quantitative estimate of drug-likeness (QED) is 0.814. The van der Waals surface area contributed by atoms with Gasteiger partial charge >= 0.3 is 5.97 Å². The van der Waals surface area contributed by atoms with Crippen molar-refractivity contribution in [1.29, 1.82) is 0 Å². The number of carbonyl (C=O) groups excluding carboxylic acids is 1. The Morgan fingerprint density at radius 2 is 2.06 bits per heavy atom. The topological polar surface area (TPSA) is 38.3 Å². The predicted octanol–water partition coefficient (Wildman–Crippen LogP) is 2.30. The van der Waals surface area contributed by atoms with E-state index < -0.39 is 0 Å². The van der Waals surface area contributed by atoms with Crippen LogP contribution in [0, 0.1) is 13.8 Å². The van der Waals surface area contributed by atoms with Gasteiger partial charge in [0, 0.05) is 0 Å². The van der Waals surface area contributed by atoms with Gasteiger partial charge in [0.2, 0.25) is 0 Å². The number of ether oxygens (including phenoxy) is 1. The number of aryl methyl sites for hydroxylation is 2. The van der Waals surface area contributed by atoms with E-state index in [0.717, 1.165) is 5.56 Å². The molecule has 0 amide bonds. The van der Waals surface area contributed by atoms with Crippen LogP contribution < -0.4 is 5.32 Å². The third-order valence-corrected chi connectivity index (χ3v) is 3.25. The molecule has 0 radical (unpaired) electrons. The molecule has 0 aromatic heterocycles. The Hall–Kier alpha value is -1.35. The third kappa shape index (κ3) is 3.07. The molecule has 0 spiro atoms. The van der Waals surface area contributed by atoms with E-state index in [1.807, 2.05) is 14.0 Å². The van der Waals surface area contributed by atoms with E-state index in [4.69, 9.17) is 4.74 Å². The standard InChI is InChI=1S/C14H21NO2/c1-10-6-7-12(11(2)8-10)14(3,15-4)9-13(16)17-5/h6-8,15H,9H2,1-5H3. The van der Waals surface area contributed by atoms with Crippen LogP contribution in [0.2, 0.25) is 0 Å². The second-order valence-corrected chi connectivity index (χ2v) is 4.65. The number of hydrogen-bond acceptors (Lipinski definition) is 3. The van der Waals surface area contributed by atoms with E-state index in [9.17, 15) is 4.79 Å². The molecule has 0 aliphatic heterocycles. The minimum absolute atomic E-state index is 0.207. The van der Waals surface area contributed by atoms with Gasteiger partial charge in [-0.2, -0.15) is 0 Å². The van der Waals surface area contributed by atoms with Crippen LogP contribution in [0.25, 0.3) is 0 Å². The van der Waals surface area contributed by atoms with Gasteiger partial charge in [0.1, 0.15) is 0 Å². The summed E-state index contributed by atoms with van der Waals surface area (Å²) in [6, 6.07) is 6.27. The summed E-state index contributed by atoms with van der Waals surface area (Å²) in [5.41, 5.74) is 3.16. The van der Waals surface area contributed by atoms with Crippen LogP contribution >= 0.6 is 0 Å². The van der Waals surface area contributed by atoms with E-state index in [2.05, 4.69) is 37.4 Å². The Balaban J connectivity index is 3.11. The summed E-state index contributed by atoms with van der Waals surface area (Å²) < 4.78 is 4.75. The molecule has 1 rings (SSSR count). The van der Waals surface area contributed by atoms with Crippen LogP contribution in [0.15, 0.2) is 18.2 Å². The van der Waals surface area contributed by atoms with Crippen LogP contribution in [-0.2, 0) is 15.1 Å². The highest BCUT2D eigenvalue weighted by Gasteiger charge is 2.29. The Morgan fingerprint density at radius 3 is 2.53 bits per heavy atom. The van der Waals surface area contributed by atoms with Crippen molar-refractivity contribution in [3.63, 3.8) is 0 Å². The monoisotopic (exact) mass is 235 g/mol. The molecule has 94 valence electrons. The van der Waals surface area contributed by atoms with Crippen LogP contribution in [0.4, 0.5) is 0 Å². The molecule has 1 atom stereocenters. The molecule has 1 aromatic rings. The summed E-state index contributed by atoms with van der Waals surface area (Å²) in [7, 11) is 3.28. The van der Waals surface area contributed by atoms with Gasteiger partial charge in [0.25, 0.3) is 0 Å². The van der Waals surface area contributed by atoms with Crippen molar-refractivity contribution in [2.45, 2.75) is 32.7 Å². The number of nitrogens with one attached hydrogen (secondary N) is 1. The number of rotatable bonds is 4. The van der Waals surface area contributed by atoms with Crippen molar-refractivity contribution in [1.82, 2.24) is 5.32 Å². The van der Waals surface area contributed by atoms with Crippen molar-refractivity contribution in [2.75, 3.05) is 14.2 Å². The Kier molecular flexibility index (Phi) is 4.29. The zero-order chi connectivity index (χ0) is 13.1. The maximum absolute atomic E-state index is 11.5. The lowest BCUT2D eigenvalue weighted by atomic mass is 9.85. The minimum atomic E-state index is -0.384.